The van der Waals surface area contributed by atoms with Gasteiger partial charge in [0.05, 0.1) is 0 Å². The molecule has 1 aromatic heterocycles. The van der Waals surface area contributed by atoms with E-state index >= 15 is 0 Å². The number of para-hydroxylation sites is 1. The predicted molar refractivity (Wildman–Crippen MR) is 142 cm³/mol. The Hall–Kier alpha value is -3.65. The maximum absolute atomic E-state index is 13.0. The molecule has 0 radical (unpaired) electrons. The third-order valence-electron chi connectivity index (χ3n) is 8.89. The number of aromatic nitrogens is 1. The fourth-order valence-corrected chi connectivity index (χ4v) is 6.84. The number of nitrogens with one attached hydrogen (secondary N) is 2. The molecule has 1 saturated carbocycles. The van der Waals surface area contributed by atoms with Gasteiger partial charge in [-0.3, -0.25) is 24.6 Å². The topological polar surface area (TPSA) is 94.7 Å². The molecular formula is C30H32N4O4. The summed E-state index contributed by atoms with van der Waals surface area (Å²) in [5.41, 5.74) is 4.11. The quantitative estimate of drug-likeness (QED) is 0.508. The molecular weight excluding hydrogens is 480 g/mol. The minimum absolute atomic E-state index is 0.120. The summed E-state index contributed by atoms with van der Waals surface area (Å²) in [5.74, 6) is 0.512. The Balaban J connectivity index is 1.03. The third-order valence-corrected chi connectivity index (χ3v) is 8.89. The predicted octanol–water partition coefficient (Wildman–Crippen LogP) is 3.72. The van der Waals surface area contributed by atoms with Crippen LogP contribution in [0.5, 0.6) is 5.75 Å². The number of amides is 3. The number of aromatic amines is 1. The van der Waals surface area contributed by atoms with Crippen molar-refractivity contribution in [2.24, 2.45) is 0 Å². The number of carbonyl (C=O) groups excluding carboxylic acids is 3. The molecule has 3 unspecified atom stereocenters. The van der Waals surface area contributed by atoms with E-state index in [4.69, 9.17) is 4.74 Å². The second kappa shape index (κ2) is 9.27. The van der Waals surface area contributed by atoms with Crippen molar-refractivity contribution in [3.63, 3.8) is 0 Å². The Morgan fingerprint density at radius 3 is 2.66 bits per heavy atom. The molecule has 2 saturated heterocycles. The van der Waals surface area contributed by atoms with Gasteiger partial charge in [-0.15, -0.1) is 0 Å². The molecule has 38 heavy (non-hydrogen) atoms. The van der Waals surface area contributed by atoms with Crippen LogP contribution >= 0.6 is 0 Å². The number of hydrogen-bond acceptors (Lipinski definition) is 5. The average molecular weight is 513 g/mol. The molecule has 2 aromatic carbocycles. The average Bonchev–Trinajstić information content (AvgIpc) is 3.45. The summed E-state index contributed by atoms with van der Waals surface area (Å²) in [4.78, 5) is 44.5. The van der Waals surface area contributed by atoms with Gasteiger partial charge in [0.1, 0.15) is 17.9 Å². The standard InChI is InChI=1S/C30H32N4O4/c35-28-12-11-26(29(36)32-28)34-17-18-13-20(9-10-21(18)30(34)37)38-27-8-4-3-7-25(27)33-15-19(16-33)23-14-31-24-6-2-1-5-22(23)24/h1-2,5-6,9-10,13-14,19,25-27,31H,3-4,7-8,11-12,15-17H2,(H,32,35,36). The summed E-state index contributed by atoms with van der Waals surface area (Å²) in [7, 11) is 0. The number of nitrogens with zero attached hydrogens (tertiary/aromatic N) is 2. The van der Waals surface area contributed by atoms with Crippen LogP contribution in [0.15, 0.2) is 48.7 Å². The zero-order valence-electron chi connectivity index (χ0n) is 21.3. The highest BCUT2D eigenvalue weighted by Crippen LogP contribution is 2.38. The third kappa shape index (κ3) is 3.98. The lowest BCUT2D eigenvalue weighted by atomic mass is 9.84. The van der Waals surface area contributed by atoms with Crippen molar-refractivity contribution >= 4 is 28.6 Å². The van der Waals surface area contributed by atoms with Gasteiger partial charge in [0.2, 0.25) is 11.8 Å². The molecule has 196 valence electrons. The van der Waals surface area contributed by atoms with Crippen molar-refractivity contribution in [2.45, 2.75) is 69.2 Å². The molecule has 7 rings (SSSR count). The fraction of sp³-hybridized carbons (Fsp3) is 0.433. The van der Waals surface area contributed by atoms with Crippen LogP contribution in [0.25, 0.3) is 10.9 Å². The molecule has 8 heteroatoms. The Bertz CT molecular complexity index is 1420. The van der Waals surface area contributed by atoms with E-state index in [-0.39, 0.29) is 30.2 Å². The van der Waals surface area contributed by atoms with E-state index < -0.39 is 6.04 Å². The van der Waals surface area contributed by atoms with Gasteiger partial charge in [0, 0.05) is 60.7 Å². The highest BCUT2D eigenvalue weighted by Gasteiger charge is 2.41. The number of piperidine rings is 1. The highest BCUT2D eigenvalue weighted by atomic mass is 16.5. The van der Waals surface area contributed by atoms with Gasteiger partial charge in [0.25, 0.3) is 5.91 Å². The summed E-state index contributed by atoms with van der Waals surface area (Å²) in [5, 5.41) is 3.69. The van der Waals surface area contributed by atoms with Gasteiger partial charge in [-0.25, -0.2) is 0 Å². The Labute approximate surface area is 221 Å². The lowest BCUT2D eigenvalue weighted by molar-refractivity contribution is -0.136. The van der Waals surface area contributed by atoms with Crippen LogP contribution in [-0.4, -0.2) is 63.8 Å². The van der Waals surface area contributed by atoms with Crippen LogP contribution in [0.1, 0.15) is 65.9 Å². The first-order chi connectivity index (χ1) is 18.5. The van der Waals surface area contributed by atoms with Crippen LogP contribution in [0.2, 0.25) is 0 Å². The highest BCUT2D eigenvalue weighted by molar-refractivity contribution is 6.05. The summed E-state index contributed by atoms with van der Waals surface area (Å²) in [6.45, 7) is 2.46. The van der Waals surface area contributed by atoms with E-state index in [1.54, 1.807) is 4.90 Å². The molecule has 4 heterocycles. The normalized spacial score (nSPS) is 26.4. The van der Waals surface area contributed by atoms with E-state index in [0.29, 0.717) is 30.5 Å². The van der Waals surface area contributed by atoms with Crippen LogP contribution in [0.4, 0.5) is 0 Å². The van der Waals surface area contributed by atoms with Crippen molar-refractivity contribution in [3.05, 3.63) is 65.4 Å². The van der Waals surface area contributed by atoms with Gasteiger partial charge < -0.3 is 14.6 Å². The number of rotatable bonds is 5. The molecule has 3 amide bonds. The molecule has 2 N–H and O–H groups in total. The molecule has 1 aliphatic carbocycles. The molecule has 3 fully saturated rings. The van der Waals surface area contributed by atoms with Crippen molar-refractivity contribution in [3.8, 4) is 5.75 Å². The molecule has 4 aliphatic rings. The minimum atomic E-state index is -0.601. The van der Waals surface area contributed by atoms with Gasteiger partial charge >= 0.3 is 0 Å². The zero-order valence-corrected chi connectivity index (χ0v) is 21.3. The van der Waals surface area contributed by atoms with Crippen LogP contribution in [0, 0.1) is 0 Å². The van der Waals surface area contributed by atoms with Crippen LogP contribution in [-0.2, 0) is 16.1 Å². The number of H-pyrrole nitrogens is 1. The van der Waals surface area contributed by atoms with Gasteiger partial charge in [-0.2, -0.15) is 0 Å². The minimum Gasteiger partial charge on any atom is -0.489 e. The van der Waals surface area contributed by atoms with Crippen molar-refractivity contribution in [1.82, 2.24) is 20.1 Å². The van der Waals surface area contributed by atoms with Crippen molar-refractivity contribution < 1.29 is 19.1 Å². The second-order valence-corrected chi connectivity index (χ2v) is 11.2. The first kappa shape index (κ1) is 23.5. The number of ether oxygens (including phenoxy) is 1. The van der Waals surface area contributed by atoms with Crippen LogP contribution < -0.4 is 10.1 Å². The Kier molecular flexibility index (Phi) is 5.73. The van der Waals surface area contributed by atoms with E-state index in [1.165, 1.54) is 22.9 Å². The van der Waals surface area contributed by atoms with Crippen LogP contribution in [0.3, 0.4) is 0 Å². The molecule has 8 nitrogen and oxygen atoms in total. The van der Waals surface area contributed by atoms with E-state index in [0.717, 1.165) is 43.7 Å². The Morgan fingerprint density at radius 1 is 0.947 bits per heavy atom. The molecule has 3 aliphatic heterocycles. The smallest absolute Gasteiger partial charge is 0.255 e. The fourth-order valence-electron chi connectivity index (χ4n) is 6.84. The second-order valence-electron chi connectivity index (χ2n) is 11.2. The van der Waals surface area contributed by atoms with E-state index in [2.05, 4.69) is 45.7 Å². The summed E-state index contributed by atoms with van der Waals surface area (Å²) < 4.78 is 6.60. The SMILES string of the molecule is O=C1CCC(N2Cc3cc(OC4CCCCC4N4CC(c5c[nH]c6ccccc56)C4)ccc3C2=O)C(=O)N1. The number of fused-ring (bicyclic) bond motifs is 2. The summed E-state index contributed by atoms with van der Waals surface area (Å²) in [6, 6.07) is 14.0. The summed E-state index contributed by atoms with van der Waals surface area (Å²) in [6.07, 6.45) is 7.46. The maximum atomic E-state index is 13.0. The van der Waals surface area contributed by atoms with E-state index in [9.17, 15) is 14.4 Å². The maximum Gasteiger partial charge on any atom is 0.255 e. The number of benzene rings is 2. The van der Waals surface area contributed by atoms with Gasteiger partial charge in [-0.1, -0.05) is 24.6 Å². The van der Waals surface area contributed by atoms with E-state index in [1.807, 2.05) is 18.2 Å². The van der Waals surface area contributed by atoms with Gasteiger partial charge in [0.15, 0.2) is 0 Å². The first-order valence-corrected chi connectivity index (χ1v) is 13.8. The molecule has 0 bridgehead atoms. The number of likely N-dealkylation sites (tertiary alicyclic amines) is 1. The van der Waals surface area contributed by atoms with Crippen molar-refractivity contribution in [1.29, 1.82) is 0 Å². The zero-order chi connectivity index (χ0) is 25.8. The van der Waals surface area contributed by atoms with Gasteiger partial charge in [-0.05, 0) is 61.1 Å². The first-order valence-electron chi connectivity index (χ1n) is 13.8. The largest absolute Gasteiger partial charge is 0.489 e. The summed E-state index contributed by atoms with van der Waals surface area (Å²) >= 11 is 0. The number of carbonyl (C=O) groups is 3. The number of imide groups is 1. The molecule has 0 spiro atoms. The van der Waals surface area contributed by atoms with Crippen molar-refractivity contribution in [2.75, 3.05) is 13.1 Å². The molecule has 3 atom stereocenters. The Morgan fingerprint density at radius 2 is 1.79 bits per heavy atom. The molecule has 3 aromatic rings. The monoisotopic (exact) mass is 512 g/mol. The lowest BCUT2D eigenvalue weighted by Gasteiger charge is -2.48. The number of hydrogen-bond donors (Lipinski definition) is 2. The lowest BCUT2D eigenvalue weighted by Crippen LogP contribution is -2.56.